The molecule has 2 N–H and O–H groups in total. The first-order valence-corrected chi connectivity index (χ1v) is 10.7. The van der Waals surface area contributed by atoms with Crippen molar-refractivity contribution < 1.29 is 9.53 Å². The number of esters is 1. The number of carbonyl (C=O) groups is 1. The van der Waals surface area contributed by atoms with Crippen molar-refractivity contribution >= 4 is 17.5 Å². The summed E-state index contributed by atoms with van der Waals surface area (Å²) in [4.78, 5) is 17.1. The molecule has 0 unspecified atom stereocenters. The topological polar surface area (TPSA) is 63.2 Å². The highest BCUT2D eigenvalue weighted by Crippen LogP contribution is 2.33. The fourth-order valence-corrected chi connectivity index (χ4v) is 3.51. The summed E-state index contributed by atoms with van der Waals surface area (Å²) < 4.78 is 5.09. The number of methoxy groups -OCH3 is 1. The zero-order chi connectivity index (χ0) is 22.4. The lowest BCUT2D eigenvalue weighted by Gasteiger charge is -2.15. The Morgan fingerprint density at radius 1 is 1.03 bits per heavy atom. The number of hydrogen-bond acceptors (Lipinski definition) is 5. The number of aryl methyl sites for hydroxylation is 1. The first kappa shape index (κ1) is 22.3. The van der Waals surface area contributed by atoms with Gasteiger partial charge >= 0.3 is 5.97 Å². The van der Waals surface area contributed by atoms with E-state index >= 15 is 0 Å². The van der Waals surface area contributed by atoms with E-state index in [1.807, 2.05) is 24.3 Å². The van der Waals surface area contributed by atoms with Crippen LogP contribution in [-0.4, -0.2) is 30.6 Å². The Morgan fingerprint density at radius 3 is 2.32 bits per heavy atom. The van der Waals surface area contributed by atoms with E-state index in [9.17, 15) is 4.79 Å². The standard InChI is InChI=1S/C26H31N3O2/c1-6-13-27-21-10-7-19(8-11-21)22-15-24(26(30)31-5)23(14-18(22)4)20-9-12-25(28-16-20)29-17(2)3/h7-12,14-17,27H,6,13H2,1-5H3,(H,28,29). The van der Waals surface area contributed by atoms with E-state index in [2.05, 4.69) is 67.6 Å². The molecular formula is C26H31N3O2. The first-order chi connectivity index (χ1) is 14.9. The van der Waals surface area contributed by atoms with Crippen LogP contribution in [-0.2, 0) is 4.74 Å². The van der Waals surface area contributed by atoms with Crippen LogP contribution in [0.5, 0.6) is 0 Å². The molecule has 31 heavy (non-hydrogen) atoms. The molecule has 0 amide bonds. The number of anilines is 2. The molecular weight excluding hydrogens is 386 g/mol. The minimum atomic E-state index is -0.359. The van der Waals surface area contributed by atoms with Gasteiger partial charge in [0, 0.05) is 30.0 Å². The normalized spacial score (nSPS) is 10.8. The van der Waals surface area contributed by atoms with Crippen LogP contribution in [0.3, 0.4) is 0 Å². The summed E-state index contributed by atoms with van der Waals surface area (Å²) in [7, 11) is 1.41. The van der Waals surface area contributed by atoms with Gasteiger partial charge in [0.1, 0.15) is 5.82 Å². The van der Waals surface area contributed by atoms with Crippen LogP contribution < -0.4 is 10.6 Å². The molecule has 0 fully saturated rings. The van der Waals surface area contributed by atoms with Gasteiger partial charge in [-0.25, -0.2) is 9.78 Å². The molecule has 3 rings (SSSR count). The summed E-state index contributed by atoms with van der Waals surface area (Å²) in [6, 6.07) is 16.5. The van der Waals surface area contributed by atoms with Gasteiger partial charge in [-0.05, 0) is 85.8 Å². The van der Waals surface area contributed by atoms with E-state index in [4.69, 9.17) is 4.74 Å². The lowest BCUT2D eigenvalue weighted by molar-refractivity contribution is 0.0601. The minimum absolute atomic E-state index is 0.300. The van der Waals surface area contributed by atoms with Crippen LogP contribution in [0.25, 0.3) is 22.3 Å². The van der Waals surface area contributed by atoms with Gasteiger partial charge in [-0.1, -0.05) is 19.1 Å². The number of aromatic nitrogens is 1. The zero-order valence-electron chi connectivity index (χ0n) is 19.0. The maximum absolute atomic E-state index is 12.6. The second-order valence-electron chi connectivity index (χ2n) is 7.94. The third-order valence-corrected chi connectivity index (χ3v) is 5.06. The summed E-state index contributed by atoms with van der Waals surface area (Å²) in [6.07, 6.45) is 2.87. The number of nitrogens with one attached hydrogen (secondary N) is 2. The SMILES string of the molecule is CCCNc1ccc(-c2cc(C(=O)OC)c(-c3ccc(NC(C)C)nc3)cc2C)cc1. The summed E-state index contributed by atoms with van der Waals surface area (Å²) in [6.45, 7) is 9.29. The van der Waals surface area contributed by atoms with E-state index in [-0.39, 0.29) is 5.97 Å². The second-order valence-corrected chi connectivity index (χ2v) is 7.94. The van der Waals surface area contributed by atoms with Crippen molar-refractivity contribution in [2.75, 3.05) is 24.3 Å². The van der Waals surface area contributed by atoms with Crippen molar-refractivity contribution in [1.82, 2.24) is 4.98 Å². The minimum Gasteiger partial charge on any atom is -0.465 e. The Hall–Kier alpha value is -3.34. The van der Waals surface area contributed by atoms with E-state index in [0.717, 1.165) is 52.3 Å². The molecule has 5 nitrogen and oxygen atoms in total. The Balaban J connectivity index is 2.00. The molecule has 0 atom stereocenters. The average molecular weight is 418 g/mol. The molecule has 1 aromatic heterocycles. The lowest BCUT2D eigenvalue weighted by Crippen LogP contribution is -2.10. The van der Waals surface area contributed by atoms with Crippen LogP contribution in [0.15, 0.2) is 54.7 Å². The Morgan fingerprint density at radius 2 is 1.74 bits per heavy atom. The predicted molar refractivity (Wildman–Crippen MR) is 129 cm³/mol. The third kappa shape index (κ3) is 5.43. The van der Waals surface area contributed by atoms with Crippen LogP contribution >= 0.6 is 0 Å². The van der Waals surface area contributed by atoms with Crippen LogP contribution in [0, 0.1) is 6.92 Å². The highest BCUT2D eigenvalue weighted by Gasteiger charge is 2.17. The summed E-state index contributed by atoms with van der Waals surface area (Å²) >= 11 is 0. The van der Waals surface area contributed by atoms with E-state index in [1.165, 1.54) is 7.11 Å². The van der Waals surface area contributed by atoms with E-state index < -0.39 is 0 Å². The Kier molecular flexibility index (Phi) is 7.29. The molecule has 0 aliphatic heterocycles. The number of ether oxygens (including phenoxy) is 1. The van der Waals surface area contributed by atoms with Gasteiger partial charge in [0.25, 0.3) is 0 Å². The van der Waals surface area contributed by atoms with Gasteiger partial charge in [-0.3, -0.25) is 0 Å². The molecule has 1 heterocycles. The molecule has 162 valence electrons. The number of pyridine rings is 1. The highest BCUT2D eigenvalue weighted by molar-refractivity contribution is 5.99. The van der Waals surface area contributed by atoms with Crippen molar-refractivity contribution in [3.8, 4) is 22.3 Å². The Bertz CT molecular complexity index is 1030. The van der Waals surface area contributed by atoms with Gasteiger partial charge < -0.3 is 15.4 Å². The van der Waals surface area contributed by atoms with E-state index in [1.54, 1.807) is 6.20 Å². The fourth-order valence-electron chi connectivity index (χ4n) is 3.51. The van der Waals surface area contributed by atoms with Crippen LogP contribution in [0.2, 0.25) is 0 Å². The largest absolute Gasteiger partial charge is 0.465 e. The lowest BCUT2D eigenvalue weighted by atomic mass is 9.91. The smallest absolute Gasteiger partial charge is 0.338 e. The monoisotopic (exact) mass is 417 g/mol. The molecule has 0 radical (unpaired) electrons. The predicted octanol–water partition coefficient (Wildman–Crippen LogP) is 6.15. The van der Waals surface area contributed by atoms with Gasteiger partial charge in [0.2, 0.25) is 0 Å². The summed E-state index contributed by atoms with van der Waals surface area (Å²) in [5.74, 6) is 0.449. The maximum atomic E-state index is 12.6. The van der Waals surface area contributed by atoms with Gasteiger partial charge in [0.05, 0.1) is 12.7 Å². The molecule has 3 aromatic rings. The summed E-state index contributed by atoms with van der Waals surface area (Å²) in [5, 5.41) is 6.67. The number of benzene rings is 2. The molecule has 2 aromatic carbocycles. The van der Waals surface area contributed by atoms with Gasteiger partial charge in [0.15, 0.2) is 0 Å². The van der Waals surface area contributed by atoms with Crippen LogP contribution in [0.1, 0.15) is 43.1 Å². The average Bonchev–Trinajstić information content (AvgIpc) is 2.77. The van der Waals surface area contributed by atoms with Crippen molar-refractivity contribution in [3.05, 3.63) is 65.9 Å². The molecule has 0 saturated heterocycles. The number of rotatable bonds is 8. The molecule has 0 aliphatic carbocycles. The zero-order valence-corrected chi connectivity index (χ0v) is 19.0. The molecule has 0 spiro atoms. The first-order valence-electron chi connectivity index (χ1n) is 10.7. The molecule has 0 bridgehead atoms. The molecule has 0 aliphatic rings. The number of nitrogens with zero attached hydrogens (tertiary/aromatic N) is 1. The van der Waals surface area contributed by atoms with Crippen molar-refractivity contribution in [1.29, 1.82) is 0 Å². The molecule has 0 saturated carbocycles. The van der Waals surface area contributed by atoms with E-state index in [0.29, 0.717) is 11.6 Å². The van der Waals surface area contributed by atoms with Crippen LogP contribution in [0.4, 0.5) is 11.5 Å². The number of hydrogen-bond donors (Lipinski definition) is 2. The number of carbonyl (C=O) groups excluding carboxylic acids is 1. The summed E-state index contributed by atoms with van der Waals surface area (Å²) in [5.41, 5.74) is 6.47. The van der Waals surface area contributed by atoms with Crippen molar-refractivity contribution in [2.24, 2.45) is 0 Å². The van der Waals surface area contributed by atoms with Gasteiger partial charge in [-0.2, -0.15) is 0 Å². The fraction of sp³-hybridized carbons (Fsp3) is 0.308. The highest BCUT2D eigenvalue weighted by atomic mass is 16.5. The quantitative estimate of drug-likeness (QED) is 0.430. The van der Waals surface area contributed by atoms with Crippen molar-refractivity contribution in [2.45, 2.75) is 40.2 Å². The second kappa shape index (κ2) is 10.1. The molecule has 5 heteroatoms. The third-order valence-electron chi connectivity index (χ3n) is 5.06. The van der Waals surface area contributed by atoms with Crippen molar-refractivity contribution in [3.63, 3.8) is 0 Å². The Labute approximate surface area is 184 Å². The maximum Gasteiger partial charge on any atom is 0.338 e. The van der Waals surface area contributed by atoms with Gasteiger partial charge in [-0.15, -0.1) is 0 Å².